The van der Waals surface area contributed by atoms with Gasteiger partial charge in [-0.3, -0.25) is 4.79 Å². The lowest BCUT2D eigenvalue weighted by Gasteiger charge is -2.10. The first-order chi connectivity index (χ1) is 8.83. The Kier molecular flexibility index (Phi) is 8.81. The molecule has 2 N–H and O–H groups in total. The summed E-state index contributed by atoms with van der Waals surface area (Å²) in [6, 6.07) is 0. The molecular formula is C13H26N2O3. The van der Waals surface area contributed by atoms with Crippen LogP contribution in [0.2, 0.25) is 0 Å². The smallest absolute Gasteiger partial charge is 0.222 e. The van der Waals surface area contributed by atoms with E-state index >= 15 is 0 Å². The Bertz CT molecular complexity index is 218. The minimum Gasteiger partial charge on any atom is -0.378 e. The Morgan fingerprint density at radius 2 is 2.28 bits per heavy atom. The minimum absolute atomic E-state index is 0.0561. The van der Waals surface area contributed by atoms with Gasteiger partial charge in [-0.05, 0) is 25.8 Å². The van der Waals surface area contributed by atoms with Crippen LogP contribution in [0.15, 0.2) is 0 Å². The largest absolute Gasteiger partial charge is 0.378 e. The molecule has 1 aliphatic rings. The highest BCUT2D eigenvalue weighted by Crippen LogP contribution is 2.11. The van der Waals surface area contributed by atoms with Crippen molar-refractivity contribution < 1.29 is 14.3 Å². The lowest BCUT2D eigenvalue weighted by Crippen LogP contribution is -2.32. The van der Waals surface area contributed by atoms with Gasteiger partial charge in [0.15, 0.2) is 0 Å². The molecule has 1 fully saturated rings. The van der Waals surface area contributed by atoms with Gasteiger partial charge in [-0.15, -0.1) is 0 Å². The third-order valence-corrected chi connectivity index (χ3v) is 2.85. The molecule has 0 bridgehead atoms. The standard InChI is InChI=1S/C13H26N2O3/c1-2-6-14-7-8-15-13(16)5-10-17-11-12-4-3-9-18-12/h12,14H,2-11H2,1H3,(H,15,16). The summed E-state index contributed by atoms with van der Waals surface area (Å²) in [7, 11) is 0. The summed E-state index contributed by atoms with van der Waals surface area (Å²) in [5.41, 5.74) is 0. The molecule has 0 aromatic carbocycles. The molecule has 0 aromatic rings. The van der Waals surface area contributed by atoms with E-state index < -0.39 is 0 Å². The molecule has 1 heterocycles. The fourth-order valence-corrected chi connectivity index (χ4v) is 1.84. The highest BCUT2D eigenvalue weighted by molar-refractivity contribution is 5.75. The van der Waals surface area contributed by atoms with Crippen molar-refractivity contribution in [2.24, 2.45) is 0 Å². The average molecular weight is 258 g/mol. The zero-order chi connectivity index (χ0) is 13.1. The van der Waals surface area contributed by atoms with E-state index in [9.17, 15) is 4.79 Å². The van der Waals surface area contributed by atoms with Crippen LogP contribution >= 0.6 is 0 Å². The van der Waals surface area contributed by atoms with Crippen molar-refractivity contribution in [2.75, 3.05) is 39.5 Å². The van der Waals surface area contributed by atoms with Crippen LogP contribution in [0, 0.1) is 0 Å². The van der Waals surface area contributed by atoms with Crippen LogP contribution in [-0.4, -0.2) is 51.5 Å². The Morgan fingerprint density at radius 1 is 1.39 bits per heavy atom. The molecule has 5 heteroatoms. The predicted octanol–water partition coefficient (Wildman–Crippen LogP) is 0.688. The number of hydrogen-bond acceptors (Lipinski definition) is 4. The number of carbonyl (C=O) groups is 1. The fourth-order valence-electron chi connectivity index (χ4n) is 1.84. The second-order valence-corrected chi connectivity index (χ2v) is 4.56. The van der Waals surface area contributed by atoms with Gasteiger partial charge in [-0.25, -0.2) is 0 Å². The second-order valence-electron chi connectivity index (χ2n) is 4.56. The first kappa shape index (κ1) is 15.4. The lowest BCUT2D eigenvalue weighted by molar-refractivity contribution is -0.122. The number of carbonyl (C=O) groups excluding carboxylic acids is 1. The number of ether oxygens (including phenoxy) is 2. The lowest BCUT2D eigenvalue weighted by atomic mass is 10.2. The van der Waals surface area contributed by atoms with Gasteiger partial charge in [0.2, 0.25) is 5.91 Å². The van der Waals surface area contributed by atoms with Crippen molar-refractivity contribution in [3.63, 3.8) is 0 Å². The van der Waals surface area contributed by atoms with Gasteiger partial charge in [0.05, 0.1) is 19.3 Å². The molecule has 1 aliphatic heterocycles. The maximum atomic E-state index is 11.4. The molecule has 106 valence electrons. The minimum atomic E-state index is 0.0561. The molecule has 0 aromatic heterocycles. The van der Waals surface area contributed by atoms with Gasteiger partial charge in [0.25, 0.3) is 0 Å². The molecule has 0 radical (unpaired) electrons. The van der Waals surface area contributed by atoms with Crippen LogP contribution in [0.3, 0.4) is 0 Å². The molecule has 1 amide bonds. The van der Waals surface area contributed by atoms with Crippen LogP contribution < -0.4 is 10.6 Å². The summed E-state index contributed by atoms with van der Waals surface area (Å²) in [5, 5.41) is 6.09. The SMILES string of the molecule is CCCNCCNC(=O)CCOCC1CCCO1. The van der Waals surface area contributed by atoms with Gasteiger partial charge >= 0.3 is 0 Å². The number of amides is 1. The molecule has 5 nitrogen and oxygen atoms in total. The fraction of sp³-hybridized carbons (Fsp3) is 0.923. The molecule has 1 atom stereocenters. The Morgan fingerprint density at radius 3 is 3.00 bits per heavy atom. The van der Waals surface area contributed by atoms with E-state index in [2.05, 4.69) is 17.6 Å². The Hall–Kier alpha value is -0.650. The molecule has 18 heavy (non-hydrogen) atoms. The van der Waals surface area contributed by atoms with Gasteiger partial charge in [-0.1, -0.05) is 6.92 Å². The van der Waals surface area contributed by atoms with Crippen molar-refractivity contribution in [2.45, 2.75) is 38.7 Å². The first-order valence-corrected chi connectivity index (χ1v) is 6.99. The second kappa shape index (κ2) is 10.3. The number of hydrogen-bond donors (Lipinski definition) is 2. The van der Waals surface area contributed by atoms with Crippen LogP contribution in [0.1, 0.15) is 32.6 Å². The van der Waals surface area contributed by atoms with Crippen molar-refractivity contribution in [1.82, 2.24) is 10.6 Å². The maximum Gasteiger partial charge on any atom is 0.222 e. The van der Waals surface area contributed by atoms with Gasteiger partial charge in [0.1, 0.15) is 0 Å². The molecule has 0 saturated carbocycles. The van der Waals surface area contributed by atoms with Crippen LogP contribution in [0.5, 0.6) is 0 Å². The third kappa shape index (κ3) is 7.63. The predicted molar refractivity (Wildman–Crippen MR) is 70.6 cm³/mol. The van der Waals surface area contributed by atoms with Gasteiger partial charge in [-0.2, -0.15) is 0 Å². The highest BCUT2D eigenvalue weighted by Gasteiger charge is 2.15. The van der Waals surface area contributed by atoms with Gasteiger partial charge < -0.3 is 20.1 Å². The molecular weight excluding hydrogens is 232 g/mol. The van der Waals surface area contributed by atoms with Crippen molar-refractivity contribution in [1.29, 1.82) is 0 Å². The number of nitrogens with one attached hydrogen (secondary N) is 2. The van der Waals surface area contributed by atoms with Crippen molar-refractivity contribution in [3.05, 3.63) is 0 Å². The molecule has 1 saturated heterocycles. The average Bonchev–Trinajstić information content (AvgIpc) is 2.87. The molecule has 0 spiro atoms. The van der Waals surface area contributed by atoms with Crippen LogP contribution in [0.4, 0.5) is 0 Å². The first-order valence-electron chi connectivity index (χ1n) is 6.99. The van der Waals surface area contributed by atoms with Crippen LogP contribution in [0.25, 0.3) is 0 Å². The summed E-state index contributed by atoms with van der Waals surface area (Å²) in [5.74, 6) is 0.0561. The highest BCUT2D eigenvalue weighted by atomic mass is 16.5. The Labute approximate surface area is 110 Å². The van der Waals surface area contributed by atoms with E-state index in [0.29, 0.717) is 26.2 Å². The van der Waals surface area contributed by atoms with E-state index in [0.717, 1.165) is 39.0 Å². The van der Waals surface area contributed by atoms with E-state index in [1.54, 1.807) is 0 Å². The quantitative estimate of drug-likeness (QED) is 0.566. The topological polar surface area (TPSA) is 59.6 Å². The summed E-state index contributed by atoms with van der Waals surface area (Å²) in [4.78, 5) is 11.4. The molecule has 0 aliphatic carbocycles. The number of rotatable bonds is 10. The summed E-state index contributed by atoms with van der Waals surface area (Å²) in [6.45, 7) is 6.58. The third-order valence-electron chi connectivity index (χ3n) is 2.85. The monoisotopic (exact) mass is 258 g/mol. The Balaban J connectivity index is 1.84. The molecule has 1 unspecified atom stereocenters. The van der Waals surface area contributed by atoms with Crippen molar-refractivity contribution in [3.8, 4) is 0 Å². The summed E-state index contributed by atoms with van der Waals surface area (Å²) >= 11 is 0. The summed E-state index contributed by atoms with van der Waals surface area (Å²) in [6.07, 6.45) is 3.99. The van der Waals surface area contributed by atoms with E-state index in [1.807, 2.05) is 0 Å². The van der Waals surface area contributed by atoms with Crippen LogP contribution in [-0.2, 0) is 14.3 Å². The van der Waals surface area contributed by atoms with E-state index in [4.69, 9.17) is 9.47 Å². The normalized spacial score (nSPS) is 19.1. The zero-order valence-corrected chi connectivity index (χ0v) is 11.4. The van der Waals surface area contributed by atoms with E-state index in [1.165, 1.54) is 0 Å². The van der Waals surface area contributed by atoms with E-state index in [-0.39, 0.29) is 12.0 Å². The zero-order valence-electron chi connectivity index (χ0n) is 11.4. The molecule has 1 rings (SSSR count). The van der Waals surface area contributed by atoms with Gasteiger partial charge in [0, 0.05) is 26.1 Å². The maximum absolute atomic E-state index is 11.4. The summed E-state index contributed by atoms with van der Waals surface area (Å²) < 4.78 is 10.9. The van der Waals surface area contributed by atoms with Crippen molar-refractivity contribution >= 4 is 5.91 Å².